The topological polar surface area (TPSA) is 48.1 Å². The number of nitrogen functional groups attached to an aromatic ring is 1. The molecule has 0 atom stereocenters. The molecule has 2 N–H and O–H groups in total. The summed E-state index contributed by atoms with van der Waals surface area (Å²) in [7, 11) is 1.66. The zero-order valence-electron chi connectivity index (χ0n) is 11.8. The third-order valence-corrected chi connectivity index (χ3v) is 3.42. The minimum atomic E-state index is 0.768. The summed E-state index contributed by atoms with van der Waals surface area (Å²) in [5.41, 5.74) is 9.76. The molecule has 21 heavy (non-hydrogen) atoms. The van der Waals surface area contributed by atoms with Crippen LogP contribution in [0.15, 0.2) is 54.7 Å². The average molecular weight is 276 g/mol. The van der Waals surface area contributed by atoms with Crippen molar-refractivity contribution in [1.82, 2.24) is 4.98 Å². The van der Waals surface area contributed by atoms with Crippen LogP contribution in [0.3, 0.4) is 0 Å². The number of methoxy groups -OCH3 is 1. The van der Waals surface area contributed by atoms with Gasteiger partial charge in [-0.05, 0) is 41.5 Å². The van der Waals surface area contributed by atoms with Crippen molar-refractivity contribution in [3.05, 3.63) is 65.9 Å². The Morgan fingerprint density at radius 1 is 1.00 bits per heavy atom. The molecule has 0 saturated carbocycles. The lowest BCUT2D eigenvalue weighted by Gasteiger charge is -2.05. The summed E-state index contributed by atoms with van der Waals surface area (Å²) in [4.78, 5) is 4.38. The number of anilines is 1. The number of fused-ring (bicyclic) bond motifs is 1. The maximum absolute atomic E-state index is 5.96. The molecular formula is C18H16N2O. The Morgan fingerprint density at radius 3 is 2.62 bits per heavy atom. The van der Waals surface area contributed by atoms with Crippen LogP contribution in [-0.4, -0.2) is 12.1 Å². The molecule has 0 saturated heterocycles. The van der Waals surface area contributed by atoms with Gasteiger partial charge in [-0.25, -0.2) is 0 Å². The molecule has 0 aliphatic carbocycles. The van der Waals surface area contributed by atoms with Crippen LogP contribution >= 0.6 is 0 Å². The predicted molar refractivity (Wildman–Crippen MR) is 88.1 cm³/mol. The highest BCUT2D eigenvalue weighted by Crippen LogP contribution is 2.24. The molecule has 0 spiro atoms. The molecule has 0 aliphatic rings. The Morgan fingerprint density at radius 2 is 1.81 bits per heavy atom. The number of hydrogen-bond donors (Lipinski definition) is 1. The van der Waals surface area contributed by atoms with Crippen LogP contribution in [0.25, 0.3) is 23.1 Å². The molecule has 3 heteroatoms. The van der Waals surface area contributed by atoms with Gasteiger partial charge in [0.25, 0.3) is 0 Å². The molecule has 3 aromatic rings. The molecule has 2 aromatic carbocycles. The van der Waals surface area contributed by atoms with Crippen LogP contribution in [0, 0.1) is 0 Å². The molecule has 1 aromatic heterocycles. The second kappa shape index (κ2) is 5.67. The number of pyridine rings is 1. The van der Waals surface area contributed by atoms with Gasteiger partial charge in [0.2, 0.25) is 0 Å². The number of nitrogens with zero attached hydrogens (tertiary/aromatic N) is 1. The molecule has 0 radical (unpaired) electrons. The van der Waals surface area contributed by atoms with Crippen molar-refractivity contribution >= 4 is 28.7 Å². The van der Waals surface area contributed by atoms with Crippen molar-refractivity contribution in [1.29, 1.82) is 0 Å². The van der Waals surface area contributed by atoms with Crippen molar-refractivity contribution in [3.8, 4) is 5.75 Å². The van der Waals surface area contributed by atoms with E-state index in [1.54, 1.807) is 7.11 Å². The number of ether oxygens (including phenoxy) is 1. The summed E-state index contributed by atoms with van der Waals surface area (Å²) in [6.45, 7) is 0. The van der Waals surface area contributed by atoms with Gasteiger partial charge in [0.05, 0.1) is 12.6 Å². The molecule has 1 heterocycles. The lowest BCUT2D eigenvalue weighted by Crippen LogP contribution is -1.88. The van der Waals surface area contributed by atoms with E-state index in [0.717, 1.165) is 33.5 Å². The zero-order valence-corrected chi connectivity index (χ0v) is 11.8. The fraction of sp³-hybridized carbons (Fsp3) is 0.0556. The monoisotopic (exact) mass is 276 g/mol. The van der Waals surface area contributed by atoms with Gasteiger partial charge >= 0.3 is 0 Å². The van der Waals surface area contributed by atoms with Gasteiger partial charge in [-0.3, -0.25) is 4.98 Å². The molecular weight excluding hydrogens is 260 g/mol. The quantitative estimate of drug-likeness (QED) is 0.736. The van der Waals surface area contributed by atoms with Crippen molar-refractivity contribution < 1.29 is 4.74 Å². The minimum absolute atomic E-state index is 0.768. The predicted octanol–water partition coefficient (Wildman–Crippen LogP) is 4.00. The highest BCUT2D eigenvalue weighted by molar-refractivity contribution is 5.91. The number of rotatable bonds is 3. The third-order valence-electron chi connectivity index (χ3n) is 3.42. The SMILES string of the molecule is COc1ccc2nccc(/C=C/c3ccccc3N)c2c1. The number of benzene rings is 2. The minimum Gasteiger partial charge on any atom is -0.497 e. The maximum atomic E-state index is 5.96. The maximum Gasteiger partial charge on any atom is 0.119 e. The van der Waals surface area contributed by atoms with Crippen LogP contribution in [-0.2, 0) is 0 Å². The average Bonchev–Trinajstić information content (AvgIpc) is 2.53. The number of aromatic nitrogens is 1. The summed E-state index contributed by atoms with van der Waals surface area (Å²) >= 11 is 0. The highest BCUT2D eigenvalue weighted by atomic mass is 16.5. The molecule has 0 unspecified atom stereocenters. The van der Waals surface area contributed by atoms with Gasteiger partial charge in [0.15, 0.2) is 0 Å². The highest BCUT2D eigenvalue weighted by Gasteiger charge is 2.02. The fourth-order valence-corrected chi connectivity index (χ4v) is 2.26. The molecule has 104 valence electrons. The second-order valence-corrected chi connectivity index (χ2v) is 4.75. The summed E-state index contributed by atoms with van der Waals surface area (Å²) in [5, 5.41) is 1.06. The van der Waals surface area contributed by atoms with Gasteiger partial charge in [-0.15, -0.1) is 0 Å². The Bertz CT molecular complexity index is 809. The van der Waals surface area contributed by atoms with Gasteiger partial charge in [-0.1, -0.05) is 30.4 Å². The van der Waals surface area contributed by atoms with E-state index in [2.05, 4.69) is 11.1 Å². The van der Waals surface area contributed by atoms with Gasteiger partial charge < -0.3 is 10.5 Å². The molecule has 0 bridgehead atoms. The third kappa shape index (κ3) is 2.72. The smallest absolute Gasteiger partial charge is 0.119 e. The second-order valence-electron chi connectivity index (χ2n) is 4.75. The van der Waals surface area contributed by atoms with E-state index in [-0.39, 0.29) is 0 Å². The van der Waals surface area contributed by atoms with E-state index in [0.29, 0.717) is 0 Å². The first-order valence-electron chi connectivity index (χ1n) is 6.73. The standard InChI is InChI=1S/C18H16N2O/c1-21-15-8-9-18-16(12-15)13(10-11-20-18)6-7-14-4-2-3-5-17(14)19/h2-12H,19H2,1H3/b7-6+. The lowest BCUT2D eigenvalue weighted by molar-refractivity contribution is 0.415. The van der Waals surface area contributed by atoms with Crippen LogP contribution in [0.5, 0.6) is 5.75 Å². The van der Waals surface area contributed by atoms with Crippen molar-refractivity contribution in [2.75, 3.05) is 12.8 Å². The molecule has 0 amide bonds. The lowest BCUT2D eigenvalue weighted by atomic mass is 10.1. The first kappa shape index (κ1) is 13.2. The fourth-order valence-electron chi connectivity index (χ4n) is 2.26. The van der Waals surface area contributed by atoms with Gasteiger partial charge in [-0.2, -0.15) is 0 Å². The van der Waals surface area contributed by atoms with Crippen LogP contribution in [0.1, 0.15) is 11.1 Å². The van der Waals surface area contributed by atoms with E-state index in [1.165, 1.54) is 0 Å². The summed E-state index contributed by atoms with van der Waals surface area (Å²) in [6, 6.07) is 15.7. The van der Waals surface area contributed by atoms with E-state index in [1.807, 2.05) is 60.8 Å². The Hall–Kier alpha value is -2.81. The molecule has 0 aliphatic heterocycles. The largest absolute Gasteiger partial charge is 0.497 e. The Balaban J connectivity index is 2.06. The van der Waals surface area contributed by atoms with E-state index in [4.69, 9.17) is 10.5 Å². The summed E-state index contributed by atoms with van der Waals surface area (Å²) in [5.74, 6) is 0.823. The van der Waals surface area contributed by atoms with E-state index >= 15 is 0 Å². The first-order chi connectivity index (χ1) is 10.3. The molecule has 3 rings (SSSR count). The Labute approximate surface area is 123 Å². The van der Waals surface area contributed by atoms with Crippen molar-refractivity contribution in [2.24, 2.45) is 0 Å². The summed E-state index contributed by atoms with van der Waals surface area (Å²) < 4.78 is 5.29. The Kier molecular flexibility index (Phi) is 3.56. The van der Waals surface area contributed by atoms with E-state index in [9.17, 15) is 0 Å². The number of nitrogens with two attached hydrogens (primary N) is 1. The van der Waals surface area contributed by atoms with Crippen LogP contribution < -0.4 is 10.5 Å². The van der Waals surface area contributed by atoms with E-state index < -0.39 is 0 Å². The van der Waals surface area contributed by atoms with Crippen molar-refractivity contribution in [3.63, 3.8) is 0 Å². The van der Waals surface area contributed by atoms with Crippen molar-refractivity contribution in [2.45, 2.75) is 0 Å². The molecule has 0 fully saturated rings. The zero-order chi connectivity index (χ0) is 14.7. The van der Waals surface area contributed by atoms with Crippen LogP contribution in [0.4, 0.5) is 5.69 Å². The van der Waals surface area contributed by atoms with Gasteiger partial charge in [0, 0.05) is 17.3 Å². The van der Waals surface area contributed by atoms with Gasteiger partial charge in [0.1, 0.15) is 5.75 Å². The summed E-state index contributed by atoms with van der Waals surface area (Å²) in [6.07, 6.45) is 5.88. The first-order valence-corrected chi connectivity index (χ1v) is 6.73. The normalized spacial score (nSPS) is 11.1. The number of hydrogen-bond acceptors (Lipinski definition) is 3. The van der Waals surface area contributed by atoms with Crippen LogP contribution in [0.2, 0.25) is 0 Å². The molecule has 3 nitrogen and oxygen atoms in total. The number of para-hydroxylation sites is 1.